The molecule has 2 aromatic heterocycles. The van der Waals surface area contributed by atoms with E-state index in [1.54, 1.807) is 48.5 Å². The normalized spacial score (nSPS) is 10.7. The van der Waals surface area contributed by atoms with E-state index in [0.717, 1.165) is 5.56 Å². The third kappa shape index (κ3) is 4.35. The van der Waals surface area contributed by atoms with Gasteiger partial charge in [0.15, 0.2) is 12.4 Å². The van der Waals surface area contributed by atoms with E-state index in [-0.39, 0.29) is 12.4 Å². The fourth-order valence-electron chi connectivity index (χ4n) is 2.96. The van der Waals surface area contributed by atoms with Gasteiger partial charge in [0.05, 0.1) is 17.3 Å². The van der Waals surface area contributed by atoms with E-state index in [0.29, 0.717) is 27.9 Å². The standard InChI is InChI=1S/C23H17FN2O4/c24-16-9-7-15(8-10-16)13-25-22(27)14-30-23(28)18-12-20(21-6-3-11-29-21)26-19-5-2-1-4-17(18)19/h1-12H,13-14H2,(H,25,27). The molecule has 1 amide bonds. The second-order valence-corrected chi connectivity index (χ2v) is 6.53. The highest BCUT2D eigenvalue weighted by Gasteiger charge is 2.17. The van der Waals surface area contributed by atoms with Crippen LogP contribution in [0.4, 0.5) is 4.39 Å². The zero-order chi connectivity index (χ0) is 20.9. The van der Waals surface area contributed by atoms with Crippen LogP contribution < -0.4 is 5.32 Å². The number of benzene rings is 2. The number of amides is 1. The number of aromatic nitrogens is 1. The lowest BCUT2D eigenvalue weighted by Crippen LogP contribution is -2.28. The van der Waals surface area contributed by atoms with Gasteiger partial charge in [-0.1, -0.05) is 30.3 Å². The summed E-state index contributed by atoms with van der Waals surface area (Å²) in [6.07, 6.45) is 1.52. The molecule has 4 aromatic rings. The van der Waals surface area contributed by atoms with Crippen molar-refractivity contribution in [3.05, 3.63) is 89.9 Å². The van der Waals surface area contributed by atoms with Gasteiger partial charge in [0.2, 0.25) is 0 Å². The molecular formula is C23H17FN2O4. The van der Waals surface area contributed by atoms with Crippen LogP contribution in [0.2, 0.25) is 0 Å². The molecule has 0 aliphatic rings. The number of para-hydroxylation sites is 1. The smallest absolute Gasteiger partial charge is 0.339 e. The molecular weight excluding hydrogens is 387 g/mol. The van der Waals surface area contributed by atoms with Crippen molar-refractivity contribution in [2.24, 2.45) is 0 Å². The number of nitrogens with zero attached hydrogens (tertiary/aromatic N) is 1. The highest BCUT2D eigenvalue weighted by molar-refractivity contribution is 6.05. The Hall–Kier alpha value is -4.00. The molecule has 0 fully saturated rings. The van der Waals surface area contributed by atoms with Crippen LogP contribution in [0.25, 0.3) is 22.4 Å². The summed E-state index contributed by atoms with van der Waals surface area (Å²) in [6, 6.07) is 18.0. The van der Waals surface area contributed by atoms with Crippen LogP contribution in [0.3, 0.4) is 0 Å². The monoisotopic (exact) mass is 404 g/mol. The Bertz CT molecular complexity index is 1190. The fourth-order valence-corrected chi connectivity index (χ4v) is 2.96. The van der Waals surface area contributed by atoms with Crippen molar-refractivity contribution in [1.82, 2.24) is 10.3 Å². The zero-order valence-electron chi connectivity index (χ0n) is 15.8. The minimum absolute atomic E-state index is 0.206. The van der Waals surface area contributed by atoms with Crippen LogP contribution >= 0.6 is 0 Å². The number of halogens is 1. The van der Waals surface area contributed by atoms with E-state index in [2.05, 4.69) is 10.3 Å². The van der Waals surface area contributed by atoms with Gasteiger partial charge in [-0.2, -0.15) is 0 Å². The Morgan fingerprint density at radius 3 is 2.60 bits per heavy atom. The van der Waals surface area contributed by atoms with Gasteiger partial charge >= 0.3 is 5.97 Å². The SMILES string of the molecule is O=C(COC(=O)c1cc(-c2ccco2)nc2ccccc12)NCc1ccc(F)cc1. The van der Waals surface area contributed by atoms with Gasteiger partial charge in [0.1, 0.15) is 11.5 Å². The molecule has 0 saturated heterocycles. The second-order valence-electron chi connectivity index (χ2n) is 6.53. The van der Waals surface area contributed by atoms with E-state index >= 15 is 0 Å². The molecule has 0 spiro atoms. The molecule has 0 unspecified atom stereocenters. The quantitative estimate of drug-likeness (QED) is 0.489. The zero-order valence-corrected chi connectivity index (χ0v) is 15.8. The first-order chi connectivity index (χ1) is 14.6. The van der Waals surface area contributed by atoms with Gasteiger partial charge in [-0.3, -0.25) is 4.79 Å². The maximum Gasteiger partial charge on any atom is 0.339 e. The van der Waals surface area contributed by atoms with Gasteiger partial charge in [-0.25, -0.2) is 14.2 Å². The van der Waals surface area contributed by atoms with Crippen molar-refractivity contribution in [3.8, 4) is 11.5 Å². The number of furan rings is 1. The Balaban J connectivity index is 1.46. The van der Waals surface area contributed by atoms with Crippen LogP contribution in [-0.2, 0) is 16.1 Å². The molecule has 0 radical (unpaired) electrons. The predicted octanol–water partition coefficient (Wildman–Crippen LogP) is 4.11. The van der Waals surface area contributed by atoms with Gasteiger partial charge in [0, 0.05) is 11.9 Å². The molecule has 0 atom stereocenters. The summed E-state index contributed by atoms with van der Waals surface area (Å²) in [5, 5.41) is 3.25. The first kappa shape index (κ1) is 19.3. The molecule has 0 bridgehead atoms. The van der Waals surface area contributed by atoms with E-state index in [9.17, 15) is 14.0 Å². The molecule has 7 heteroatoms. The van der Waals surface area contributed by atoms with Crippen molar-refractivity contribution >= 4 is 22.8 Å². The molecule has 6 nitrogen and oxygen atoms in total. The van der Waals surface area contributed by atoms with Crippen molar-refractivity contribution in [2.75, 3.05) is 6.61 Å². The molecule has 4 rings (SSSR count). The topological polar surface area (TPSA) is 81.4 Å². The maximum atomic E-state index is 12.9. The summed E-state index contributed by atoms with van der Waals surface area (Å²) >= 11 is 0. The lowest BCUT2D eigenvalue weighted by Gasteiger charge is -2.10. The average molecular weight is 404 g/mol. The number of esters is 1. The molecule has 2 heterocycles. The minimum Gasteiger partial charge on any atom is -0.463 e. The molecule has 1 N–H and O–H groups in total. The Morgan fingerprint density at radius 2 is 1.83 bits per heavy atom. The molecule has 0 aliphatic heterocycles. The summed E-state index contributed by atoms with van der Waals surface area (Å²) in [5.74, 6) is -0.931. The summed E-state index contributed by atoms with van der Waals surface area (Å²) in [5.41, 5.74) is 2.13. The maximum absolute atomic E-state index is 12.9. The third-order valence-corrected chi connectivity index (χ3v) is 4.45. The van der Waals surface area contributed by atoms with E-state index in [1.165, 1.54) is 18.4 Å². The van der Waals surface area contributed by atoms with Gasteiger partial charge in [-0.15, -0.1) is 0 Å². The molecule has 0 saturated carbocycles. The predicted molar refractivity (Wildman–Crippen MR) is 108 cm³/mol. The van der Waals surface area contributed by atoms with Gasteiger partial charge < -0.3 is 14.5 Å². The van der Waals surface area contributed by atoms with Crippen molar-refractivity contribution in [2.45, 2.75) is 6.54 Å². The van der Waals surface area contributed by atoms with Crippen LogP contribution in [0, 0.1) is 5.82 Å². The Labute approximate surface area is 171 Å². The molecule has 150 valence electrons. The fraction of sp³-hybridized carbons (Fsp3) is 0.0870. The van der Waals surface area contributed by atoms with Crippen LogP contribution in [-0.4, -0.2) is 23.5 Å². The molecule has 2 aromatic carbocycles. The number of hydrogen-bond donors (Lipinski definition) is 1. The van der Waals surface area contributed by atoms with Crippen molar-refractivity contribution < 1.29 is 23.1 Å². The number of hydrogen-bond acceptors (Lipinski definition) is 5. The minimum atomic E-state index is -0.640. The van der Waals surface area contributed by atoms with Gasteiger partial charge in [0.25, 0.3) is 5.91 Å². The number of fused-ring (bicyclic) bond motifs is 1. The molecule has 0 aliphatic carbocycles. The number of carbonyl (C=O) groups is 2. The summed E-state index contributed by atoms with van der Waals surface area (Å²) in [6.45, 7) is -0.232. The Kier molecular flexibility index (Phi) is 5.52. The van der Waals surface area contributed by atoms with Gasteiger partial charge in [-0.05, 0) is 42.0 Å². The van der Waals surface area contributed by atoms with E-state index < -0.39 is 18.5 Å². The number of pyridine rings is 1. The van der Waals surface area contributed by atoms with E-state index in [4.69, 9.17) is 9.15 Å². The lowest BCUT2D eigenvalue weighted by atomic mass is 10.1. The number of rotatable bonds is 6. The number of carbonyl (C=O) groups excluding carboxylic acids is 2. The summed E-state index contributed by atoms with van der Waals surface area (Å²) in [4.78, 5) is 29.3. The van der Waals surface area contributed by atoms with Crippen molar-refractivity contribution in [1.29, 1.82) is 0 Å². The third-order valence-electron chi connectivity index (χ3n) is 4.45. The Morgan fingerprint density at radius 1 is 1.03 bits per heavy atom. The first-order valence-electron chi connectivity index (χ1n) is 9.22. The van der Waals surface area contributed by atoms with Crippen LogP contribution in [0.15, 0.2) is 77.4 Å². The summed E-state index contributed by atoms with van der Waals surface area (Å²) in [7, 11) is 0. The van der Waals surface area contributed by atoms with E-state index in [1.807, 2.05) is 6.07 Å². The average Bonchev–Trinajstić information content (AvgIpc) is 3.31. The second kappa shape index (κ2) is 8.57. The lowest BCUT2D eigenvalue weighted by molar-refractivity contribution is -0.124. The largest absolute Gasteiger partial charge is 0.463 e. The molecule has 30 heavy (non-hydrogen) atoms. The highest BCUT2D eigenvalue weighted by Crippen LogP contribution is 2.25. The van der Waals surface area contributed by atoms with Crippen molar-refractivity contribution in [3.63, 3.8) is 0 Å². The highest BCUT2D eigenvalue weighted by atomic mass is 19.1. The number of ether oxygens (including phenoxy) is 1. The first-order valence-corrected chi connectivity index (χ1v) is 9.22. The number of nitrogens with one attached hydrogen (secondary N) is 1. The van der Waals surface area contributed by atoms with Crippen LogP contribution in [0.5, 0.6) is 0 Å². The summed E-state index contributed by atoms with van der Waals surface area (Å²) < 4.78 is 23.5. The van der Waals surface area contributed by atoms with Crippen LogP contribution in [0.1, 0.15) is 15.9 Å².